The molecule has 2 N–H and O–H groups in total. The number of methoxy groups -OCH3 is 1. The number of ether oxygens (including phenoxy) is 1. The van der Waals surface area contributed by atoms with Crippen LogP contribution >= 0.6 is 11.6 Å². The van der Waals surface area contributed by atoms with Crippen molar-refractivity contribution in [3.8, 4) is 5.75 Å². The topological polar surface area (TPSA) is 63.2 Å². The third-order valence-corrected chi connectivity index (χ3v) is 4.36. The van der Waals surface area contributed by atoms with Crippen molar-refractivity contribution >= 4 is 34.1 Å². The molecular formula is C18H14ClN3O2. The van der Waals surface area contributed by atoms with Crippen LogP contribution in [-0.2, 0) is 0 Å². The molecule has 0 saturated heterocycles. The number of hydrogen-bond acceptors (Lipinski definition) is 4. The Kier molecular flexibility index (Phi) is 3.50. The lowest BCUT2D eigenvalue weighted by Crippen LogP contribution is -2.38. The zero-order valence-electron chi connectivity index (χ0n) is 12.8. The van der Waals surface area contributed by atoms with Crippen molar-refractivity contribution in [1.29, 1.82) is 0 Å². The summed E-state index contributed by atoms with van der Waals surface area (Å²) < 4.78 is 5.26. The molecule has 0 bridgehead atoms. The second-order valence-electron chi connectivity index (χ2n) is 5.52. The van der Waals surface area contributed by atoms with E-state index in [2.05, 4.69) is 15.6 Å². The molecule has 1 atom stereocenters. The molecule has 6 heteroatoms. The Labute approximate surface area is 143 Å². The number of carbonyl (C=O) groups excluding carboxylic acids is 1. The van der Waals surface area contributed by atoms with Crippen LogP contribution in [0.5, 0.6) is 5.75 Å². The molecule has 2 aromatic carbocycles. The highest BCUT2D eigenvalue weighted by atomic mass is 35.5. The number of rotatable bonds is 2. The van der Waals surface area contributed by atoms with Crippen LogP contribution in [0.25, 0.3) is 10.9 Å². The number of hydrogen-bond donors (Lipinski definition) is 2. The first-order chi connectivity index (χ1) is 11.7. The van der Waals surface area contributed by atoms with E-state index in [0.717, 1.165) is 22.3 Å². The molecule has 24 heavy (non-hydrogen) atoms. The van der Waals surface area contributed by atoms with Crippen molar-refractivity contribution in [2.24, 2.45) is 0 Å². The fourth-order valence-corrected chi connectivity index (χ4v) is 3.09. The van der Waals surface area contributed by atoms with E-state index in [9.17, 15) is 4.79 Å². The third kappa shape index (κ3) is 2.43. The van der Waals surface area contributed by atoms with Crippen LogP contribution in [0.15, 0.2) is 48.5 Å². The first-order valence-electron chi connectivity index (χ1n) is 7.46. The van der Waals surface area contributed by atoms with E-state index in [1.165, 1.54) is 0 Å². The molecule has 1 aliphatic heterocycles. The van der Waals surface area contributed by atoms with Gasteiger partial charge in [-0.1, -0.05) is 23.7 Å². The molecule has 0 radical (unpaired) electrons. The van der Waals surface area contributed by atoms with Crippen LogP contribution in [0.2, 0.25) is 5.15 Å². The van der Waals surface area contributed by atoms with Crippen molar-refractivity contribution in [3.63, 3.8) is 0 Å². The average molecular weight is 340 g/mol. The molecule has 4 rings (SSSR count). The number of aromatic nitrogens is 1. The van der Waals surface area contributed by atoms with Gasteiger partial charge in [0.1, 0.15) is 17.1 Å². The van der Waals surface area contributed by atoms with Gasteiger partial charge >= 0.3 is 0 Å². The summed E-state index contributed by atoms with van der Waals surface area (Å²) in [5.74, 6) is 0.597. The summed E-state index contributed by atoms with van der Waals surface area (Å²) in [4.78, 5) is 16.7. The summed E-state index contributed by atoms with van der Waals surface area (Å²) in [5.41, 5.74) is 2.86. The van der Waals surface area contributed by atoms with Crippen LogP contribution in [0.1, 0.15) is 22.1 Å². The maximum absolute atomic E-state index is 12.3. The molecule has 1 aliphatic rings. The number of amides is 1. The highest BCUT2D eigenvalue weighted by molar-refractivity contribution is 6.30. The second kappa shape index (κ2) is 5.69. The van der Waals surface area contributed by atoms with Crippen molar-refractivity contribution in [1.82, 2.24) is 10.3 Å². The molecular weight excluding hydrogens is 326 g/mol. The number of carbonyl (C=O) groups is 1. The lowest BCUT2D eigenvalue weighted by Gasteiger charge is -2.28. The number of nitrogens with zero attached hydrogens (tertiary/aromatic N) is 1. The van der Waals surface area contributed by atoms with E-state index in [-0.39, 0.29) is 5.91 Å². The predicted molar refractivity (Wildman–Crippen MR) is 93.6 cm³/mol. The Bertz CT molecular complexity index is 958. The minimum Gasteiger partial charge on any atom is -0.497 e. The Morgan fingerprint density at radius 1 is 1.12 bits per heavy atom. The van der Waals surface area contributed by atoms with Gasteiger partial charge in [-0.15, -0.1) is 0 Å². The fraction of sp³-hybridized carbons (Fsp3) is 0.111. The summed E-state index contributed by atoms with van der Waals surface area (Å²) >= 11 is 6.35. The van der Waals surface area contributed by atoms with E-state index >= 15 is 0 Å². The van der Waals surface area contributed by atoms with Crippen LogP contribution in [0, 0.1) is 0 Å². The van der Waals surface area contributed by atoms with Crippen LogP contribution in [0.4, 0.5) is 5.69 Å². The first kappa shape index (κ1) is 14.8. The number of fused-ring (bicyclic) bond motifs is 2. The predicted octanol–water partition coefficient (Wildman–Crippen LogP) is 3.75. The number of anilines is 1. The van der Waals surface area contributed by atoms with E-state index < -0.39 is 6.17 Å². The molecule has 0 saturated carbocycles. The fourth-order valence-electron chi connectivity index (χ4n) is 2.84. The Morgan fingerprint density at radius 3 is 2.79 bits per heavy atom. The van der Waals surface area contributed by atoms with E-state index in [1.807, 2.05) is 42.5 Å². The maximum Gasteiger partial charge on any atom is 0.255 e. The Hall–Kier alpha value is -2.79. The molecule has 0 fully saturated rings. The molecule has 0 aliphatic carbocycles. The summed E-state index contributed by atoms with van der Waals surface area (Å²) in [5, 5.41) is 7.45. The van der Waals surface area contributed by atoms with Gasteiger partial charge in [0, 0.05) is 16.6 Å². The summed E-state index contributed by atoms with van der Waals surface area (Å²) in [6, 6.07) is 14.9. The zero-order valence-corrected chi connectivity index (χ0v) is 13.6. The van der Waals surface area contributed by atoms with Crippen molar-refractivity contribution in [3.05, 3.63) is 64.8 Å². The number of halogens is 1. The normalized spacial score (nSPS) is 16.2. The second-order valence-corrected chi connectivity index (χ2v) is 5.88. The van der Waals surface area contributed by atoms with Crippen molar-refractivity contribution < 1.29 is 9.53 Å². The molecule has 1 amide bonds. The molecule has 0 unspecified atom stereocenters. The average Bonchev–Trinajstić information content (AvgIpc) is 2.60. The molecule has 5 nitrogen and oxygen atoms in total. The molecule has 1 aromatic heterocycles. The maximum atomic E-state index is 12.3. The SMILES string of the molecule is COc1ccc2nc(Cl)c([C@H]3NC(=O)c4ccccc4N3)cc2c1. The smallest absolute Gasteiger partial charge is 0.255 e. The standard InChI is InChI=1S/C18H14ClN3O2/c1-24-11-6-7-14-10(8-11)9-13(16(19)20-14)17-21-15-5-3-2-4-12(15)18(23)22-17/h2-9,17,21H,1H3,(H,22,23)/t17-/m1/s1. The third-order valence-electron chi connectivity index (χ3n) is 4.06. The zero-order chi connectivity index (χ0) is 16.7. The number of pyridine rings is 1. The Morgan fingerprint density at radius 2 is 1.96 bits per heavy atom. The van der Waals surface area contributed by atoms with Gasteiger partial charge in [-0.25, -0.2) is 4.98 Å². The van der Waals surface area contributed by atoms with E-state index in [4.69, 9.17) is 16.3 Å². The Balaban J connectivity index is 1.79. The van der Waals surface area contributed by atoms with Gasteiger partial charge in [0.05, 0.1) is 18.2 Å². The summed E-state index contributed by atoms with van der Waals surface area (Å²) in [6.07, 6.45) is -0.442. The van der Waals surface area contributed by atoms with Crippen LogP contribution in [0.3, 0.4) is 0 Å². The highest BCUT2D eigenvalue weighted by Crippen LogP contribution is 2.32. The van der Waals surface area contributed by atoms with Gasteiger partial charge in [-0.2, -0.15) is 0 Å². The number of nitrogens with one attached hydrogen (secondary N) is 2. The lowest BCUT2D eigenvalue weighted by molar-refractivity contribution is 0.0935. The molecule has 3 aromatic rings. The first-order valence-corrected chi connectivity index (χ1v) is 7.84. The minimum atomic E-state index is -0.442. The monoisotopic (exact) mass is 339 g/mol. The van der Waals surface area contributed by atoms with Gasteiger partial charge in [0.15, 0.2) is 0 Å². The largest absolute Gasteiger partial charge is 0.497 e. The van der Waals surface area contributed by atoms with Crippen LogP contribution < -0.4 is 15.4 Å². The molecule has 120 valence electrons. The highest BCUT2D eigenvalue weighted by Gasteiger charge is 2.26. The van der Waals surface area contributed by atoms with E-state index in [1.54, 1.807) is 13.2 Å². The minimum absolute atomic E-state index is 0.142. The summed E-state index contributed by atoms with van der Waals surface area (Å²) in [7, 11) is 1.62. The quantitative estimate of drug-likeness (QED) is 0.698. The van der Waals surface area contributed by atoms with Gasteiger partial charge < -0.3 is 15.4 Å². The van der Waals surface area contributed by atoms with Crippen molar-refractivity contribution in [2.75, 3.05) is 12.4 Å². The molecule has 0 spiro atoms. The molecule has 2 heterocycles. The van der Waals surface area contributed by atoms with Gasteiger partial charge in [-0.05, 0) is 36.4 Å². The number of para-hydroxylation sites is 1. The number of benzene rings is 2. The van der Waals surface area contributed by atoms with Gasteiger partial charge in [-0.3, -0.25) is 4.79 Å². The summed E-state index contributed by atoms with van der Waals surface area (Å²) in [6.45, 7) is 0. The van der Waals surface area contributed by atoms with Gasteiger partial charge in [0.25, 0.3) is 5.91 Å². The van der Waals surface area contributed by atoms with E-state index in [0.29, 0.717) is 16.3 Å². The van der Waals surface area contributed by atoms with Crippen molar-refractivity contribution in [2.45, 2.75) is 6.17 Å². The van der Waals surface area contributed by atoms with Gasteiger partial charge in [0.2, 0.25) is 0 Å². The lowest BCUT2D eigenvalue weighted by atomic mass is 10.1. The van der Waals surface area contributed by atoms with Crippen LogP contribution in [-0.4, -0.2) is 18.0 Å².